The third-order valence-electron chi connectivity index (χ3n) is 4.74. The minimum atomic E-state index is 0.0854. The summed E-state index contributed by atoms with van der Waals surface area (Å²) < 4.78 is 0. The average Bonchev–Trinajstić information content (AvgIpc) is 3.16. The summed E-state index contributed by atoms with van der Waals surface area (Å²) in [6.45, 7) is 0.956. The second-order valence-electron chi connectivity index (χ2n) is 7.09. The number of aromatic nitrogens is 4. The second-order valence-corrected chi connectivity index (χ2v) is 7.09. The van der Waals surface area contributed by atoms with Crippen LogP contribution in [0, 0.1) is 0 Å². The summed E-state index contributed by atoms with van der Waals surface area (Å²) in [5, 5.41) is 12.3. The molecule has 4 rings (SSSR count). The van der Waals surface area contributed by atoms with E-state index in [9.17, 15) is 0 Å². The normalized spacial score (nSPS) is 12.4. The van der Waals surface area contributed by atoms with Crippen molar-refractivity contribution in [3.05, 3.63) is 72.7 Å². The van der Waals surface area contributed by atoms with Gasteiger partial charge in [-0.3, -0.25) is 10.1 Å². The van der Waals surface area contributed by atoms with Crippen LogP contribution in [0.4, 0.5) is 5.82 Å². The fourth-order valence-corrected chi connectivity index (χ4v) is 3.28. The van der Waals surface area contributed by atoms with Crippen LogP contribution in [0.25, 0.3) is 22.2 Å². The van der Waals surface area contributed by atoms with E-state index in [0.717, 1.165) is 46.6 Å². The Kier molecular flexibility index (Phi) is 5.30. The summed E-state index contributed by atoms with van der Waals surface area (Å²) in [5.41, 5.74) is 4.01. The first-order valence-electron chi connectivity index (χ1n) is 9.42. The molecule has 0 saturated heterocycles. The molecule has 0 radical (unpaired) electrons. The highest BCUT2D eigenvalue weighted by Gasteiger charge is 2.15. The van der Waals surface area contributed by atoms with Crippen LogP contribution >= 0.6 is 0 Å². The Hall–Kier alpha value is -3.25. The van der Waals surface area contributed by atoms with Crippen molar-refractivity contribution >= 4 is 16.7 Å². The zero-order valence-electron chi connectivity index (χ0n) is 16.1. The monoisotopic (exact) mass is 372 g/mol. The van der Waals surface area contributed by atoms with Gasteiger partial charge in [-0.25, -0.2) is 4.98 Å². The first-order valence-corrected chi connectivity index (χ1v) is 9.42. The molecule has 2 N–H and O–H groups in total. The van der Waals surface area contributed by atoms with Gasteiger partial charge >= 0.3 is 0 Å². The number of nitrogens with zero attached hydrogens (tertiary/aromatic N) is 4. The van der Waals surface area contributed by atoms with Crippen molar-refractivity contribution in [1.82, 2.24) is 25.1 Å². The van der Waals surface area contributed by atoms with Crippen LogP contribution in [0.5, 0.6) is 0 Å². The van der Waals surface area contributed by atoms with Crippen LogP contribution in [0.2, 0.25) is 0 Å². The van der Waals surface area contributed by atoms with E-state index in [1.165, 1.54) is 0 Å². The number of hydrogen-bond donors (Lipinski definition) is 2. The third kappa shape index (κ3) is 4.02. The molecule has 0 aliphatic heterocycles. The van der Waals surface area contributed by atoms with Gasteiger partial charge in [-0.15, -0.1) is 0 Å². The minimum Gasteiger partial charge on any atom is -0.362 e. The molecule has 0 aliphatic carbocycles. The standard InChI is InChI=1S/C22H24N6/c1-28(2)14-11-20(19-9-5-6-12-23-19)25-21-15-16(10-13-24-21)22-17-7-3-4-8-18(17)26-27-22/h3-10,12-13,15,20H,11,14H2,1-2H3,(H,24,25)(H,26,27). The van der Waals surface area contributed by atoms with Crippen LogP contribution in [0.3, 0.4) is 0 Å². The molecule has 1 unspecified atom stereocenters. The largest absolute Gasteiger partial charge is 0.362 e. The summed E-state index contributed by atoms with van der Waals surface area (Å²) in [7, 11) is 4.16. The zero-order valence-corrected chi connectivity index (χ0v) is 16.1. The number of aromatic amines is 1. The minimum absolute atomic E-state index is 0.0854. The van der Waals surface area contributed by atoms with Crippen molar-refractivity contribution in [3.8, 4) is 11.3 Å². The van der Waals surface area contributed by atoms with Crippen molar-refractivity contribution in [1.29, 1.82) is 0 Å². The topological polar surface area (TPSA) is 69.7 Å². The quantitative estimate of drug-likeness (QED) is 0.511. The summed E-state index contributed by atoms with van der Waals surface area (Å²) in [4.78, 5) is 11.2. The molecule has 0 aliphatic rings. The van der Waals surface area contributed by atoms with E-state index in [4.69, 9.17) is 0 Å². The Morgan fingerprint density at radius 3 is 2.68 bits per heavy atom. The number of rotatable bonds is 7. The molecule has 0 spiro atoms. The lowest BCUT2D eigenvalue weighted by molar-refractivity contribution is 0.386. The predicted molar refractivity (Wildman–Crippen MR) is 113 cm³/mol. The van der Waals surface area contributed by atoms with Gasteiger partial charge in [-0.05, 0) is 57.4 Å². The fourth-order valence-electron chi connectivity index (χ4n) is 3.28. The summed E-state index contributed by atoms with van der Waals surface area (Å²) in [6.07, 6.45) is 4.59. The molecule has 6 nitrogen and oxygen atoms in total. The smallest absolute Gasteiger partial charge is 0.127 e. The van der Waals surface area contributed by atoms with Crippen molar-refractivity contribution in [2.45, 2.75) is 12.5 Å². The molecule has 0 amide bonds. The summed E-state index contributed by atoms with van der Waals surface area (Å²) >= 11 is 0. The molecule has 6 heteroatoms. The first-order chi connectivity index (χ1) is 13.7. The van der Waals surface area contributed by atoms with Gasteiger partial charge < -0.3 is 10.2 Å². The van der Waals surface area contributed by atoms with Crippen LogP contribution in [-0.4, -0.2) is 45.7 Å². The molecule has 1 atom stereocenters. The maximum atomic E-state index is 4.54. The highest BCUT2D eigenvalue weighted by molar-refractivity contribution is 5.93. The van der Waals surface area contributed by atoms with Crippen molar-refractivity contribution < 1.29 is 0 Å². The lowest BCUT2D eigenvalue weighted by atomic mass is 10.1. The van der Waals surface area contributed by atoms with E-state index in [0.29, 0.717) is 0 Å². The molecule has 0 saturated carbocycles. The van der Waals surface area contributed by atoms with E-state index >= 15 is 0 Å². The Bertz CT molecular complexity index is 1040. The predicted octanol–water partition coefficient (Wildman–Crippen LogP) is 4.12. The first kappa shape index (κ1) is 18.1. The number of hydrogen-bond acceptors (Lipinski definition) is 5. The number of pyridine rings is 2. The molecule has 3 heterocycles. The van der Waals surface area contributed by atoms with Crippen LogP contribution in [-0.2, 0) is 0 Å². The average molecular weight is 372 g/mol. The molecular formula is C22H24N6. The Morgan fingerprint density at radius 2 is 1.86 bits per heavy atom. The number of H-pyrrole nitrogens is 1. The van der Waals surface area contributed by atoms with E-state index in [1.54, 1.807) is 0 Å². The van der Waals surface area contributed by atoms with Gasteiger partial charge in [0.1, 0.15) is 11.5 Å². The number of benzene rings is 1. The highest BCUT2D eigenvalue weighted by atomic mass is 15.1. The van der Waals surface area contributed by atoms with Crippen molar-refractivity contribution in [3.63, 3.8) is 0 Å². The van der Waals surface area contributed by atoms with E-state index < -0.39 is 0 Å². The number of nitrogens with one attached hydrogen (secondary N) is 2. The van der Waals surface area contributed by atoms with Gasteiger partial charge in [0.2, 0.25) is 0 Å². The fraction of sp³-hybridized carbons (Fsp3) is 0.227. The van der Waals surface area contributed by atoms with Gasteiger partial charge in [0.05, 0.1) is 17.3 Å². The molecule has 3 aromatic heterocycles. The Labute approximate surface area is 164 Å². The Balaban J connectivity index is 1.62. The van der Waals surface area contributed by atoms with Gasteiger partial charge in [0.25, 0.3) is 0 Å². The highest BCUT2D eigenvalue weighted by Crippen LogP contribution is 2.28. The van der Waals surface area contributed by atoms with Crippen molar-refractivity contribution in [2.24, 2.45) is 0 Å². The SMILES string of the molecule is CN(C)CCC(Nc1cc(-c2n[nH]c3ccccc23)ccn1)c1ccccn1. The maximum Gasteiger partial charge on any atom is 0.127 e. The van der Waals surface area contributed by atoms with Gasteiger partial charge in [-0.1, -0.05) is 24.3 Å². The van der Waals surface area contributed by atoms with Crippen LogP contribution in [0.15, 0.2) is 67.0 Å². The molecule has 4 aromatic rings. The van der Waals surface area contributed by atoms with E-state index in [1.807, 2.05) is 54.9 Å². The van der Waals surface area contributed by atoms with Crippen LogP contribution in [0.1, 0.15) is 18.2 Å². The van der Waals surface area contributed by atoms with E-state index in [-0.39, 0.29) is 6.04 Å². The molecule has 28 heavy (non-hydrogen) atoms. The molecule has 0 bridgehead atoms. The molecular weight excluding hydrogens is 348 g/mol. The molecule has 1 aromatic carbocycles. The zero-order chi connectivity index (χ0) is 19.3. The van der Waals surface area contributed by atoms with Gasteiger partial charge in [0, 0.05) is 23.3 Å². The van der Waals surface area contributed by atoms with Gasteiger partial charge in [0.15, 0.2) is 0 Å². The lowest BCUT2D eigenvalue weighted by Gasteiger charge is -2.21. The maximum absolute atomic E-state index is 4.54. The third-order valence-corrected chi connectivity index (χ3v) is 4.74. The second kappa shape index (κ2) is 8.19. The lowest BCUT2D eigenvalue weighted by Crippen LogP contribution is -2.21. The van der Waals surface area contributed by atoms with Gasteiger partial charge in [-0.2, -0.15) is 5.10 Å². The number of para-hydroxylation sites is 1. The summed E-state index contributed by atoms with van der Waals surface area (Å²) in [5.74, 6) is 0.819. The van der Waals surface area contributed by atoms with Crippen LogP contribution < -0.4 is 5.32 Å². The number of anilines is 1. The Morgan fingerprint density at radius 1 is 1.00 bits per heavy atom. The van der Waals surface area contributed by atoms with E-state index in [2.05, 4.69) is 56.6 Å². The van der Waals surface area contributed by atoms with Crippen molar-refractivity contribution in [2.75, 3.05) is 26.0 Å². The number of fused-ring (bicyclic) bond motifs is 1. The molecule has 0 fully saturated rings. The molecule has 142 valence electrons. The summed E-state index contributed by atoms with van der Waals surface area (Å²) in [6, 6.07) is 18.3.